The number of thiocarbonyl (C=S) groups is 1. The molecule has 0 amide bonds. The molecule has 14 heteroatoms. The van der Waals surface area contributed by atoms with Gasteiger partial charge in [-0.25, -0.2) is 0 Å². The first-order valence-corrected chi connectivity index (χ1v) is 13.5. The van der Waals surface area contributed by atoms with E-state index in [1.165, 1.54) is 20.8 Å². The number of hydrogen-bond donors (Lipinski definition) is 3. The minimum atomic E-state index is -2.68. The van der Waals surface area contributed by atoms with Gasteiger partial charge in [-0.2, -0.15) is 5.20 Å². The molecule has 3 N–H and O–H groups in total. The molecule has 1 aliphatic heterocycles. The van der Waals surface area contributed by atoms with Crippen molar-refractivity contribution in [2.75, 3.05) is 13.2 Å². The summed E-state index contributed by atoms with van der Waals surface area (Å²) in [7, 11) is 0. The quantitative estimate of drug-likeness (QED) is 0.136. The van der Waals surface area contributed by atoms with Gasteiger partial charge in [-0.05, 0) is 30.9 Å². The molecule has 34 heavy (non-hydrogen) atoms. The Balaban J connectivity index is 2.15. The molecule has 1 unspecified atom stereocenters. The van der Waals surface area contributed by atoms with Gasteiger partial charge in [-0.15, -0.1) is 0 Å². The zero-order valence-electron chi connectivity index (χ0n) is 19.1. The van der Waals surface area contributed by atoms with Gasteiger partial charge < -0.3 is 28.8 Å². The summed E-state index contributed by atoms with van der Waals surface area (Å²) >= 11 is 11.1. The summed E-state index contributed by atoms with van der Waals surface area (Å²) in [5.74, 6) is -1.92. The Morgan fingerprint density at radius 2 is 1.62 bits per heavy atom. The molecule has 2 rings (SSSR count). The number of esters is 3. The maximum absolute atomic E-state index is 11.7. The minimum Gasteiger partial charge on any atom is -0.456 e. The van der Waals surface area contributed by atoms with Crippen molar-refractivity contribution in [3.8, 4) is 0 Å². The Hall–Kier alpha value is -2.15. The van der Waals surface area contributed by atoms with Crippen LogP contribution in [0.5, 0.6) is 0 Å². The van der Waals surface area contributed by atoms with Gasteiger partial charge in [0.25, 0.3) is 0 Å². The molecule has 1 heterocycles. The first-order chi connectivity index (χ1) is 16.1. The number of nitrogens with one attached hydrogen (secondary N) is 3. The summed E-state index contributed by atoms with van der Waals surface area (Å²) < 4.78 is 27.3. The van der Waals surface area contributed by atoms with Crippen molar-refractivity contribution < 1.29 is 37.9 Å². The van der Waals surface area contributed by atoms with E-state index >= 15 is 0 Å². The van der Waals surface area contributed by atoms with E-state index < -0.39 is 48.9 Å². The zero-order chi connectivity index (χ0) is 25.3. The lowest BCUT2D eigenvalue weighted by molar-refractivity contribution is -0.227. The third-order valence-electron chi connectivity index (χ3n) is 4.35. The van der Waals surface area contributed by atoms with E-state index in [1.54, 1.807) is 0 Å². The monoisotopic (exact) mass is 533 g/mol. The molecule has 1 aliphatic rings. The van der Waals surface area contributed by atoms with Crippen molar-refractivity contribution in [1.29, 1.82) is 0 Å². The summed E-state index contributed by atoms with van der Waals surface area (Å²) in [4.78, 5) is 34.9. The third-order valence-corrected chi connectivity index (χ3v) is 7.80. The normalized spacial score (nSPS) is 23.6. The van der Waals surface area contributed by atoms with Crippen LogP contribution in [0.25, 0.3) is 0 Å². The molecule has 0 aromatic heterocycles. The number of carbonyl (C=O) groups excluding carboxylic acids is 3. The summed E-state index contributed by atoms with van der Waals surface area (Å²) in [6.45, 7) is 5.65. The molecule has 0 bridgehead atoms. The SMILES string of the molecule is CCOP(=S)(NNC(=S)N[C@@H]1OC[C@@H](OC(C)=O)[C@H](OC(C)=O)[C@H]1OC(C)=O)c1ccccc1. The average Bonchev–Trinajstić information content (AvgIpc) is 2.76. The molecule has 0 radical (unpaired) electrons. The van der Waals surface area contributed by atoms with Gasteiger partial charge >= 0.3 is 17.9 Å². The van der Waals surface area contributed by atoms with Crippen molar-refractivity contribution in [2.24, 2.45) is 0 Å². The molecular weight excluding hydrogens is 505 g/mol. The van der Waals surface area contributed by atoms with Crippen molar-refractivity contribution in [3.05, 3.63) is 30.3 Å². The van der Waals surface area contributed by atoms with E-state index in [0.717, 1.165) is 5.30 Å². The van der Waals surface area contributed by atoms with Gasteiger partial charge in [0, 0.05) is 26.1 Å². The molecule has 1 saturated heterocycles. The summed E-state index contributed by atoms with van der Waals surface area (Å²) in [6.07, 6.45) is -6.97. The predicted octanol–water partition coefficient (Wildman–Crippen LogP) is 0.778. The van der Waals surface area contributed by atoms with E-state index in [1.807, 2.05) is 37.3 Å². The fourth-order valence-corrected chi connectivity index (χ4v) is 5.72. The van der Waals surface area contributed by atoms with Gasteiger partial charge in [0.15, 0.2) is 36.1 Å². The van der Waals surface area contributed by atoms with Crippen molar-refractivity contribution >= 4 is 58.8 Å². The molecule has 0 saturated carbocycles. The Morgan fingerprint density at radius 3 is 2.18 bits per heavy atom. The fraction of sp³-hybridized carbons (Fsp3) is 0.500. The van der Waals surface area contributed by atoms with E-state index in [9.17, 15) is 14.4 Å². The van der Waals surface area contributed by atoms with Crippen LogP contribution in [0.15, 0.2) is 30.3 Å². The summed E-state index contributed by atoms with van der Waals surface area (Å²) in [6, 6.07) is 9.26. The Labute approximate surface area is 208 Å². The number of hydrazine groups is 1. The first-order valence-electron chi connectivity index (χ1n) is 10.3. The highest BCUT2D eigenvalue weighted by Gasteiger charge is 2.47. The number of carbonyl (C=O) groups is 3. The maximum atomic E-state index is 11.7. The van der Waals surface area contributed by atoms with Crippen LogP contribution in [0.1, 0.15) is 27.7 Å². The molecule has 11 nitrogen and oxygen atoms in total. The Bertz CT molecular complexity index is 936. The van der Waals surface area contributed by atoms with Crippen LogP contribution >= 0.6 is 18.6 Å². The van der Waals surface area contributed by atoms with Crippen LogP contribution in [0.2, 0.25) is 0 Å². The van der Waals surface area contributed by atoms with Crippen LogP contribution < -0.4 is 21.2 Å². The molecular formula is C20H28N3O8PS2. The number of ether oxygens (including phenoxy) is 4. The molecule has 188 valence electrons. The van der Waals surface area contributed by atoms with Crippen LogP contribution in [0.3, 0.4) is 0 Å². The molecule has 1 aromatic carbocycles. The lowest BCUT2D eigenvalue weighted by atomic mass is 10.0. The Kier molecular flexibility index (Phi) is 10.8. The van der Waals surface area contributed by atoms with Crippen molar-refractivity contribution in [2.45, 2.75) is 52.2 Å². The number of hydrogen-bond acceptors (Lipinski definition) is 10. The lowest BCUT2D eigenvalue weighted by Gasteiger charge is -2.41. The Morgan fingerprint density at radius 1 is 1.03 bits per heavy atom. The first kappa shape index (κ1) is 28.1. The van der Waals surface area contributed by atoms with Crippen molar-refractivity contribution in [3.63, 3.8) is 0 Å². The zero-order valence-corrected chi connectivity index (χ0v) is 21.7. The molecule has 1 aromatic rings. The average molecular weight is 534 g/mol. The van der Waals surface area contributed by atoms with E-state index in [2.05, 4.69) is 15.9 Å². The largest absolute Gasteiger partial charge is 0.456 e. The highest BCUT2D eigenvalue weighted by atomic mass is 32.4. The second-order valence-corrected chi connectivity index (χ2v) is 11.1. The fourth-order valence-electron chi connectivity index (χ4n) is 3.13. The topological polar surface area (TPSA) is 133 Å². The summed E-state index contributed by atoms with van der Waals surface area (Å²) in [5.41, 5.74) is 2.80. The van der Waals surface area contributed by atoms with E-state index in [4.69, 9.17) is 47.5 Å². The minimum absolute atomic E-state index is 0.0551. The maximum Gasteiger partial charge on any atom is 0.303 e. The second-order valence-electron chi connectivity index (χ2n) is 7.06. The third kappa shape index (κ3) is 8.26. The van der Waals surface area contributed by atoms with Crippen LogP contribution in [-0.4, -0.2) is 60.8 Å². The molecule has 0 spiro atoms. The predicted molar refractivity (Wildman–Crippen MR) is 130 cm³/mol. The van der Waals surface area contributed by atoms with Gasteiger partial charge in [-0.3, -0.25) is 19.8 Å². The van der Waals surface area contributed by atoms with Crippen LogP contribution in [0, 0.1) is 0 Å². The van der Waals surface area contributed by atoms with Gasteiger partial charge in [0.2, 0.25) is 0 Å². The summed E-state index contributed by atoms with van der Waals surface area (Å²) in [5, 5.41) is 6.67. The smallest absolute Gasteiger partial charge is 0.303 e. The lowest BCUT2D eigenvalue weighted by Crippen LogP contribution is -2.63. The molecule has 5 atom stereocenters. The van der Waals surface area contributed by atoms with Crippen LogP contribution in [0.4, 0.5) is 0 Å². The van der Waals surface area contributed by atoms with Crippen LogP contribution in [-0.2, 0) is 49.7 Å². The van der Waals surface area contributed by atoms with Gasteiger partial charge in [0.1, 0.15) is 0 Å². The van der Waals surface area contributed by atoms with Gasteiger partial charge in [0.05, 0.1) is 13.2 Å². The van der Waals surface area contributed by atoms with E-state index in [-0.39, 0.29) is 11.7 Å². The number of benzene rings is 1. The molecule has 0 aliphatic carbocycles. The molecule has 1 fully saturated rings. The van der Waals surface area contributed by atoms with E-state index in [0.29, 0.717) is 6.61 Å². The standard InChI is InChI=1S/C20H28N3O8PS2/c1-5-28-32(34,15-9-7-6-8-10-15)23-22-20(33)21-19-18(31-14(4)26)17(30-13(3)25)16(11-27-19)29-12(2)24/h6-10,16-19H,5,11H2,1-4H3,(H,23,34)(H2,21,22,33)/t16-,17+,18-,19-,32?/m1/s1. The second kappa shape index (κ2) is 13.1. The number of rotatable bonds is 9. The highest BCUT2D eigenvalue weighted by molar-refractivity contribution is 8.14. The van der Waals surface area contributed by atoms with Crippen molar-refractivity contribution in [1.82, 2.24) is 15.9 Å². The highest BCUT2D eigenvalue weighted by Crippen LogP contribution is 2.40. The van der Waals surface area contributed by atoms with Gasteiger partial charge in [-0.1, -0.05) is 30.3 Å².